The summed E-state index contributed by atoms with van der Waals surface area (Å²) in [7, 11) is 3.18. The zero-order valence-corrected chi connectivity index (χ0v) is 11.9. The molecule has 0 radical (unpaired) electrons. The average Bonchev–Trinajstić information content (AvgIpc) is 2.48. The van der Waals surface area contributed by atoms with E-state index < -0.39 is 0 Å². The number of rotatable bonds is 4. The molecule has 0 unspecified atom stereocenters. The van der Waals surface area contributed by atoms with Crippen LogP contribution in [0.1, 0.15) is 5.56 Å². The highest BCUT2D eigenvalue weighted by atomic mass is 35.5. The SMILES string of the molecule is COc1ccc(OC)c(Nc2ccc(Cl)cc2C#N)c1. The van der Waals surface area contributed by atoms with Gasteiger partial charge in [-0.05, 0) is 30.3 Å². The smallest absolute Gasteiger partial charge is 0.142 e. The Morgan fingerprint density at radius 1 is 1.05 bits per heavy atom. The van der Waals surface area contributed by atoms with E-state index in [1.54, 1.807) is 50.6 Å². The summed E-state index contributed by atoms with van der Waals surface area (Å²) in [5.74, 6) is 1.35. The third-order valence-corrected chi connectivity index (χ3v) is 3.01. The summed E-state index contributed by atoms with van der Waals surface area (Å²) in [6.45, 7) is 0. The molecule has 0 aliphatic carbocycles. The Morgan fingerprint density at radius 3 is 2.50 bits per heavy atom. The van der Waals surface area contributed by atoms with Crippen molar-refractivity contribution in [2.45, 2.75) is 0 Å². The number of benzene rings is 2. The molecule has 102 valence electrons. The summed E-state index contributed by atoms with van der Waals surface area (Å²) in [6.07, 6.45) is 0. The number of anilines is 2. The van der Waals surface area contributed by atoms with E-state index in [2.05, 4.69) is 11.4 Å². The van der Waals surface area contributed by atoms with Gasteiger partial charge in [-0.15, -0.1) is 0 Å². The van der Waals surface area contributed by atoms with Gasteiger partial charge in [0.1, 0.15) is 17.6 Å². The van der Waals surface area contributed by atoms with E-state index in [9.17, 15) is 0 Å². The van der Waals surface area contributed by atoms with Gasteiger partial charge in [0.15, 0.2) is 0 Å². The van der Waals surface area contributed by atoms with Crippen molar-refractivity contribution in [1.29, 1.82) is 5.26 Å². The zero-order chi connectivity index (χ0) is 14.5. The van der Waals surface area contributed by atoms with Gasteiger partial charge in [-0.25, -0.2) is 0 Å². The second-order valence-electron chi connectivity index (χ2n) is 3.99. The van der Waals surface area contributed by atoms with Crippen LogP contribution in [-0.4, -0.2) is 14.2 Å². The molecule has 0 atom stereocenters. The molecule has 5 heteroatoms. The Balaban J connectivity index is 2.41. The lowest BCUT2D eigenvalue weighted by molar-refractivity contribution is 0.405. The predicted molar refractivity (Wildman–Crippen MR) is 79.0 cm³/mol. The van der Waals surface area contributed by atoms with E-state index in [0.717, 1.165) is 0 Å². The molecule has 20 heavy (non-hydrogen) atoms. The fraction of sp³-hybridized carbons (Fsp3) is 0.133. The molecular weight excluding hydrogens is 276 g/mol. The largest absolute Gasteiger partial charge is 0.497 e. The highest BCUT2D eigenvalue weighted by molar-refractivity contribution is 6.30. The van der Waals surface area contributed by atoms with Gasteiger partial charge in [0.05, 0.1) is 31.2 Å². The number of ether oxygens (including phenoxy) is 2. The van der Waals surface area contributed by atoms with Crippen molar-refractivity contribution in [2.24, 2.45) is 0 Å². The van der Waals surface area contributed by atoms with E-state index in [-0.39, 0.29) is 0 Å². The molecule has 0 aliphatic rings. The molecule has 0 amide bonds. The number of halogens is 1. The average molecular weight is 289 g/mol. The molecular formula is C15H13ClN2O2. The molecule has 4 nitrogen and oxygen atoms in total. The van der Waals surface area contributed by atoms with Crippen molar-refractivity contribution in [3.8, 4) is 17.6 Å². The number of hydrogen-bond acceptors (Lipinski definition) is 4. The highest BCUT2D eigenvalue weighted by Gasteiger charge is 2.08. The summed E-state index contributed by atoms with van der Waals surface area (Å²) >= 11 is 5.88. The second kappa shape index (κ2) is 6.18. The molecule has 0 saturated heterocycles. The van der Waals surface area contributed by atoms with Gasteiger partial charge in [-0.1, -0.05) is 11.6 Å². The van der Waals surface area contributed by atoms with Gasteiger partial charge in [0, 0.05) is 11.1 Å². The summed E-state index contributed by atoms with van der Waals surface area (Å²) < 4.78 is 10.5. The van der Waals surface area contributed by atoms with E-state index in [1.165, 1.54) is 0 Å². The minimum atomic E-state index is 0.461. The molecule has 2 rings (SSSR count). The molecule has 0 spiro atoms. The Kier molecular flexibility index (Phi) is 4.34. The number of nitrogens with zero attached hydrogens (tertiary/aromatic N) is 1. The fourth-order valence-corrected chi connectivity index (χ4v) is 1.95. The summed E-state index contributed by atoms with van der Waals surface area (Å²) in [4.78, 5) is 0. The number of hydrogen-bond donors (Lipinski definition) is 1. The summed E-state index contributed by atoms with van der Waals surface area (Å²) in [6, 6.07) is 12.6. The van der Waals surface area contributed by atoms with E-state index in [1.807, 2.05) is 0 Å². The number of methoxy groups -OCH3 is 2. The predicted octanol–water partition coefficient (Wildman–Crippen LogP) is 3.97. The Hall–Kier alpha value is -2.38. The molecule has 0 fully saturated rings. The summed E-state index contributed by atoms with van der Waals surface area (Å²) in [5.41, 5.74) is 1.83. The maximum atomic E-state index is 9.14. The maximum absolute atomic E-state index is 9.14. The lowest BCUT2D eigenvalue weighted by atomic mass is 10.2. The molecule has 0 aliphatic heterocycles. The Bertz CT molecular complexity index is 665. The first-order valence-corrected chi connectivity index (χ1v) is 6.24. The van der Waals surface area contributed by atoms with Crippen molar-refractivity contribution in [3.05, 3.63) is 47.0 Å². The Morgan fingerprint density at radius 2 is 1.85 bits per heavy atom. The van der Waals surface area contributed by atoms with Gasteiger partial charge in [-0.3, -0.25) is 0 Å². The molecule has 0 saturated carbocycles. The summed E-state index contributed by atoms with van der Waals surface area (Å²) in [5, 5.41) is 12.8. The molecule has 0 aromatic heterocycles. The molecule has 1 N–H and O–H groups in total. The van der Waals surface area contributed by atoms with Gasteiger partial charge >= 0.3 is 0 Å². The van der Waals surface area contributed by atoms with Crippen molar-refractivity contribution in [1.82, 2.24) is 0 Å². The third kappa shape index (κ3) is 2.95. The third-order valence-electron chi connectivity index (χ3n) is 2.78. The van der Waals surface area contributed by atoms with Crippen LogP contribution in [0.2, 0.25) is 5.02 Å². The van der Waals surface area contributed by atoms with Crippen LogP contribution in [0.4, 0.5) is 11.4 Å². The van der Waals surface area contributed by atoms with Crippen molar-refractivity contribution < 1.29 is 9.47 Å². The van der Waals surface area contributed by atoms with Gasteiger partial charge in [0.2, 0.25) is 0 Å². The monoisotopic (exact) mass is 288 g/mol. The van der Waals surface area contributed by atoms with Gasteiger partial charge < -0.3 is 14.8 Å². The van der Waals surface area contributed by atoms with Crippen molar-refractivity contribution in [2.75, 3.05) is 19.5 Å². The Labute approximate surface area is 122 Å². The molecule has 0 heterocycles. The van der Waals surface area contributed by atoms with E-state index in [0.29, 0.717) is 33.5 Å². The van der Waals surface area contributed by atoms with Crippen LogP contribution < -0.4 is 14.8 Å². The van der Waals surface area contributed by atoms with Gasteiger partial charge in [-0.2, -0.15) is 5.26 Å². The van der Waals surface area contributed by atoms with Crippen LogP contribution >= 0.6 is 11.6 Å². The van der Waals surface area contributed by atoms with Crippen LogP contribution in [0.15, 0.2) is 36.4 Å². The first-order valence-electron chi connectivity index (χ1n) is 5.86. The topological polar surface area (TPSA) is 54.3 Å². The highest BCUT2D eigenvalue weighted by Crippen LogP contribution is 2.33. The van der Waals surface area contributed by atoms with Crippen LogP contribution in [0.5, 0.6) is 11.5 Å². The quantitative estimate of drug-likeness (QED) is 0.925. The molecule has 0 bridgehead atoms. The van der Waals surface area contributed by atoms with Crippen LogP contribution in [0, 0.1) is 11.3 Å². The molecule has 2 aromatic carbocycles. The second-order valence-corrected chi connectivity index (χ2v) is 4.43. The van der Waals surface area contributed by atoms with Crippen molar-refractivity contribution >= 4 is 23.0 Å². The first-order chi connectivity index (χ1) is 9.67. The minimum Gasteiger partial charge on any atom is -0.497 e. The maximum Gasteiger partial charge on any atom is 0.142 e. The number of nitrogens with one attached hydrogen (secondary N) is 1. The van der Waals surface area contributed by atoms with Crippen LogP contribution in [-0.2, 0) is 0 Å². The van der Waals surface area contributed by atoms with Crippen molar-refractivity contribution in [3.63, 3.8) is 0 Å². The lowest BCUT2D eigenvalue weighted by Gasteiger charge is -2.13. The van der Waals surface area contributed by atoms with E-state index >= 15 is 0 Å². The van der Waals surface area contributed by atoms with Gasteiger partial charge in [0.25, 0.3) is 0 Å². The lowest BCUT2D eigenvalue weighted by Crippen LogP contribution is -1.97. The fourth-order valence-electron chi connectivity index (χ4n) is 1.77. The van der Waals surface area contributed by atoms with Crippen LogP contribution in [0.3, 0.4) is 0 Å². The number of nitriles is 1. The standard InChI is InChI=1S/C15H13ClN2O2/c1-19-12-4-6-15(20-2)14(8-12)18-13-5-3-11(16)7-10(13)9-17/h3-8,18H,1-2H3. The molecule has 2 aromatic rings. The van der Waals surface area contributed by atoms with E-state index in [4.69, 9.17) is 26.3 Å². The zero-order valence-electron chi connectivity index (χ0n) is 11.1. The van der Waals surface area contributed by atoms with Crippen LogP contribution in [0.25, 0.3) is 0 Å². The normalized spacial score (nSPS) is 9.70. The minimum absolute atomic E-state index is 0.461. The first kappa shape index (κ1) is 14.0.